The van der Waals surface area contributed by atoms with E-state index < -0.39 is 17.7 Å². The minimum atomic E-state index is -1.00. The van der Waals surface area contributed by atoms with Gasteiger partial charge in [0, 0.05) is 24.8 Å². The molecular formula is C19H27F2NO2. The highest BCUT2D eigenvalue weighted by Crippen LogP contribution is 2.34. The zero-order chi connectivity index (χ0) is 17.1. The second-order valence-corrected chi connectivity index (χ2v) is 7.25. The highest BCUT2D eigenvalue weighted by atomic mass is 19.2. The van der Waals surface area contributed by atoms with Gasteiger partial charge in [-0.15, -0.1) is 0 Å². The summed E-state index contributed by atoms with van der Waals surface area (Å²) in [5.41, 5.74) is 0.0498. The summed E-state index contributed by atoms with van der Waals surface area (Å²) in [4.78, 5) is 0. The third-order valence-electron chi connectivity index (χ3n) is 5.70. The average molecular weight is 339 g/mol. The molecule has 1 aromatic rings. The lowest BCUT2D eigenvalue weighted by Gasteiger charge is -2.29. The van der Waals surface area contributed by atoms with Crippen molar-refractivity contribution in [2.24, 2.45) is 5.92 Å². The molecule has 0 aromatic heterocycles. The van der Waals surface area contributed by atoms with E-state index in [4.69, 9.17) is 4.74 Å². The number of rotatable bonds is 5. The van der Waals surface area contributed by atoms with Gasteiger partial charge >= 0.3 is 0 Å². The maximum Gasteiger partial charge on any atom is 0.164 e. The molecule has 0 bridgehead atoms. The van der Waals surface area contributed by atoms with Crippen LogP contribution in [0.2, 0.25) is 0 Å². The van der Waals surface area contributed by atoms with Crippen LogP contribution in [-0.2, 0) is 4.74 Å². The van der Waals surface area contributed by atoms with Gasteiger partial charge in [0.05, 0.1) is 12.2 Å². The molecule has 2 aliphatic rings. The lowest BCUT2D eigenvalue weighted by molar-refractivity contribution is 0.0538. The Labute approximate surface area is 142 Å². The molecule has 1 aromatic carbocycles. The fourth-order valence-electron chi connectivity index (χ4n) is 4.26. The Hall–Kier alpha value is -1.04. The summed E-state index contributed by atoms with van der Waals surface area (Å²) in [5, 5.41) is 13.9. The molecule has 0 spiro atoms. The first-order valence-corrected chi connectivity index (χ1v) is 8.99. The van der Waals surface area contributed by atoms with Gasteiger partial charge in [0.2, 0.25) is 0 Å². The quantitative estimate of drug-likeness (QED) is 0.859. The largest absolute Gasteiger partial charge is 0.387 e. The van der Waals surface area contributed by atoms with Crippen molar-refractivity contribution in [3.63, 3.8) is 0 Å². The molecule has 1 heterocycles. The van der Waals surface area contributed by atoms with Gasteiger partial charge in [0.25, 0.3) is 0 Å². The molecule has 1 saturated heterocycles. The summed E-state index contributed by atoms with van der Waals surface area (Å²) in [5.74, 6) is -1.15. The molecule has 0 unspecified atom stereocenters. The molecule has 5 heteroatoms. The van der Waals surface area contributed by atoms with E-state index in [9.17, 15) is 13.9 Å². The molecule has 134 valence electrons. The molecule has 3 rings (SSSR count). The summed E-state index contributed by atoms with van der Waals surface area (Å²) in [6, 6.07) is 4.13. The second kappa shape index (κ2) is 7.89. The van der Waals surface area contributed by atoms with Crippen LogP contribution in [0.15, 0.2) is 18.2 Å². The average Bonchev–Trinajstić information content (AvgIpc) is 3.06. The number of methoxy groups -OCH3 is 1. The molecule has 1 aliphatic heterocycles. The lowest BCUT2D eigenvalue weighted by atomic mass is 9.83. The predicted octanol–water partition coefficient (Wildman–Crippen LogP) is 3.71. The molecule has 0 amide bonds. The van der Waals surface area contributed by atoms with E-state index in [0.29, 0.717) is 18.1 Å². The smallest absolute Gasteiger partial charge is 0.164 e. The van der Waals surface area contributed by atoms with Crippen LogP contribution < -0.4 is 5.32 Å². The van der Waals surface area contributed by atoms with Crippen molar-refractivity contribution >= 4 is 0 Å². The summed E-state index contributed by atoms with van der Waals surface area (Å²) in [6.07, 6.45) is 6.86. The maximum absolute atomic E-state index is 13.9. The zero-order valence-electron chi connectivity index (χ0n) is 14.2. The molecule has 24 heavy (non-hydrogen) atoms. The van der Waals surface area contributed by atoms with Gasteiger partial charge in [-0.25, -0.2) is 8.78 Å². The number of nitrogens with one attached hydrogen (secondary N) is 1. The highest BCUT2D eigenvalue weighted by molar-refractivity contribution is 5.23. The van der Waals surface area contributed by atoms with Gasteiger partial charge in [-0.2, -0.15) is 0 Å². The van der Waals surface area contributed by atoms with Crippen molar-refractivity contribution in [3.8, 4) is 0 Å². The van der Waals surface area contributed by atoms with Gasteiger partial charge in [-0.05, 0) is 56.9 Å². The monoisotopic (exact) mass is 339 g/mol. The first-order valence-electron chi connectivity index (χ1n) is 8.99. The fraction of sp³-hybridized carbons (Fsp3) is 0.684. The Balaban J connectivity index is 1.53. The highest BCUT2D eigenvalue weighted by Gasteiger charge is 2.33. The number of halogens is 2. The van der Waals surface area contributed by atoms with Crippen LogP contribution >= 0.6 is 0 Å². The van der Waals surface area contributed by atoms with Crippen LogP contribution in [0.3, 0.4) is 0 Å². The van der Waals surface area contributed by atoms with E-state index in [1.807, 2.05) is 0 Å². The van der Waals surface area contributed by atoms with Gasteiger partial charge in [-0.1, -0.05) is 12.1 Å². The van der Waals surface area contributed by atoms with Crippen molar-refractivity contribution in [2.45, 2.75) is 69.2 Å². The van der Waals surface area contributed by atoms with Crippen LogP contribution in [0, 0.1) is 17.6 Å². The Morgan fingerprint density at radius 1 is 1.17 bits per heavy atom. The standard InChI is InChI=1S/C19H27F2NO2/c1-24-14-8-5-12(6-9-14)11-13-7-10-17(22-13)19(23)15-3-2-4-16(20)18(15)21/h2-4,12-14,17,19,22-23H,5-11H2,1H3/t12-,13-,14-,17+,19+/m0/s1. The molecule has 3 atom stereocenters. The zero-order valence-corrected chi connectivity index (χ0v) is 14.2. The number of benzene rings is 1. The summed E-state index contributed by atoms with van der Waals surface area (Å²) < 4.78 is 32.6. The number of aliphatic hydroxyl groups is 1. The molecule has 0 radical (unpaired) electrons. The van der Waals surface area contributed by atoms with Crippen LogP contribution in [-0.4, -0.2) is 30.4 Å². The fourth-order valence-corrected chi connectivity index (χ4v) is 4.26. The first-order chi connectivity index (χ1) is 11.6. The van der Waals surface area contributed by atoms with E-state index in [1.165, 1.54) is 25.0 Å². The Bertz CT molecular complexity index is 546. The predicted molar refractivity (Wildman–Crippen MR) is 88.6 cm³/mol. The third-order valence-corrected chi connectivity index (χ3v) is 5.70. The number of ether oxygens (including phenoxy) is 1. The van der Waals surface area contributed by atoms with Crippen LogP contribution in [0.4, 0.5) is 8.78 Å². The van der Waals surface area contributed by atoms with Crippen LogP contribution in [0.5, 0.6) is 0 Å². The van der Waals surface area contributed by atoms with Gasteiger partial charge in [0.1, 0.15) is 0 Å². The number of aliphatic hydroxyl groups excluding tert-OH is 1. The Kier molecular flexibility index (Phi) is 5.85. The SMILES string of the molecule is CO[C@H]1CC[C@H](C[C@@H]2CC[C@H]([C@H](O)c3cccc(F)c3F)N2)CC1. The van der Waals surface area contributed by atoms with Crippen LogP contribution in [0.25, 0.3) is 0 Å². The van der Waals surface area contributed by atoms with E-state index in [1.54, 1.807) is 7.11 Å². The normalized spacial score (nSPS) is 32.0. The van der Waals surface area contributed by atoms with E-state index >= 15 is 0 Å². The topological polar surface area (TPSA) is 41.5 Å². The van der Waals surface area contributed by atoms with Gasteiger partial charge < -0.3 is 15.2 Å². The summed E-state index contributed by atoms with van der Waals surface area (Å²) in [6.45, 7) is 0. The van der Waals surface area contributed by atoms with Crippen molar-refractivity contribution in [1.29, 1.82) is 0 Å². The third kappa shape index (κ3) is 3.95. The molecule has 2 N–H and O–H groups in total. The second-order valence-electron chi connectivity index (χ2n) is 7.25. The van der Waals surface area contributed by atoms with E-state index in [0.717, 1.165) is 38.2 Å². The van der Waals surface area contributed by atoms with Crippen LogP contribution in [0.1, 0.15) is 56.6 Å². The molecular weight excluding hydrogens is 312 g/mol. The molecule has 1 saturated carbocycles. The number of hydrogen-bond donors (Lipinski definition) is 2. The minimum Gasteiger partial charge on any atom is -0.387 e. The molecule has 2 fully saturated rings. The maximum atomic E-state index is 13.9. The lowest BCUT2D eigenvalue weighted by Crippen LogP contribution is -2.36. The minimum absolute atomic E-state index is 0.0498. The van der Waals surface area contributed by atoms with Gasteiger partial charge in [0.15, 0.2) is 11.6 Å². The van der Waals surface area contributed by atoms with Crippen molar-refractivity contribution in [3.05, 3.63) is 35.4 Å². The van der Waals surface area contributed by atoms with E-state index in [2.05, 4.69) is 5.32 Å². The van der Waals surface area contributed by atoms with Crippen molar-refractivity contribution in [2.75, 3.05) is 7.11 Å². The number of hydrogen-bond acceptors (Lipinski definition) is 3. The molecule has 1 aliphatic carbocycles. The van der Waals surface area contributed by atoms with Crippen molar-refractivity contribution < 1.29 is 18.6 Å². The van der Waals surface area contributed by atoms with E-state index in [-0.39, 0.29) is 11.6 Å². The summed E-state index contributed by atoms with van der Waals surface area (Å²) in [7, 11) is 1.78. The Morgan fingerprint density at radius 3 is 2.62 bits per heavy atom. The first kappa shape index (κ1) is 17.8. The molecule has 3 nitrogen and oxygen atoms in total. The Morgan fingerprint density at radius 2 is 1.92 bits per heavy atom. The van der Waals surface area contributed by atoms with Gasteiger partial charge in [-0.3, -0.25) is 0 Å². The summed E-state index contributed by atoms with van der Waals surface area (Å²) >= 11 is 0. The van der Waals surface area contributed by atoms with Crippen molar-refractivity contribution in [1.82, 2.24) is 5.32 Å².